The molecule has 0 spiro atoms. The molecular formula is C10H11N5O4. The molecule has 1 N–H and O–H groups in total. The van der Waals surface area contributed by atoms with Crippen LogP contribution in [0.5, 0.6) is 5.88 Å². The first-order valence-corrected chi connectivity index (χ1v) is 5.36. The number of carboxylic acid groups (broad SMARTS) is 1. The van der Waals surface area contributed by atoms with E-state index in [9.17, 15) is 9.59 Å². The normalized spacial score (nSPS) is 10.4. The Morgan fingerprint density at radius 2 is 2.21 bits per heavy atom. The molecule has 0 saturated carbocycles. The minimum atomic E-state index is -1.15. The summed E-state index contributed by atoms with van der Waals surface area (Å²) in [6.45, 7) is 0.513. The average Bonchev–Trinajstić information content (AvgIpc) is 2.87. The fourth-order valence-corrected chi connectivity index (χ4v) is 1.40. The molecule has 0 fully saturated rings. The number of aromatic carboxylic acids is 1. The fourth-order valence-electron chi connectivity index (χ4n) is 1.40. The van der Waals surface area contributed by atoms with Crippen LogP contribution < -0.4 is 10.3 Å². The van der Waals surface area contributed by atoms with E-state index in [1.165, 1.54) is 34.8 Å². The number of nitrogens with zero attached hydrogens (tertiary/aromatic N) is 5. The highest BCUT2D eigenvalue weighted by Crippen LogP contribution is 1.99. The molecule has 2 heterocycles. The van der Waals surface area contributed by atoms with Crippen molar-refractivity contribution in [1.29, 1.82) is 0 Å². The fraction of sp³-hybridized carbons (Fsp3) is 0.300. The van der Waals surface area contributed by atoms with Crippen LogP contribution in [0.1, 0.15) is 10.5 Å². The third-order valence-corrected chi connectivity index (χ3v) is 2.35. The van der Waals surface area contributed by atoms with Crippen molar-refractivity contribution >= 4 is 5.97 Å². The maximum absolute atomic E-state index is 11.5. The minimum absolute atomic E-state index is 0.147. The Labute approximate surface area is 107 Å². The van der Waals surface area contributed by atoms with Crippen molar-refractivity contribution in [3.63, 3.8) is 0 Å². The minimum Gasteiger partial charge on any atom is -0.480 e. The Kier molecular flexibility index (Phi) is 3.55. The lowest BCUT2D eigenvalue weighted by molar-refractivity contribution is 0.0690. The summed E-state index contributed by atoms with van der Waals surface area (Å²) in [4.78, 5) is 22.2. The average molecular weight is 265 g/mol. The summed E-state index contributed by atoms with van der Waals surface area (Å²) in [6.07, 6.45) is 1.29. The van der Waals surface area contributed by atoms with Gasteiger partial charge in [0.15, 0.2) is 5.69 Å². The lowest BCUT2D eigenvalue weighted by Crippen LogP contribution is -2.24. The first-order chi connectivity index (χ1) is 9.10. The first-order valence-electron chi connectivity index (χ1n) is 5.36. The zero-order valence-corrected chi connectivity index (χ0v) is 10.1. The van der Waals surface area contributed by atoms with Crippen molar-refractivity contribution in [2.45, 2.75) is 13.1 Å². The largest absolute Gasteiger partial charge is 0.480 e. The van der Waals surface area contributed by atoms with Gasteiger partial charge in [-0.15, -0.1) is 10.2 Å². The molecule has 0 radical (unpaired) electrons. The highest BCUT2D eigenvalue weighted by Gasteiger charge is 2.08. The predicted octanol–water partition coefficient (Wildman–Crippen LogP) is -0.758. The zero-order chi connectivity index (χ0) is 13.8. The van der Waals surface area contributed by atoms with E-state index in [4.69, 9.17) is 9.84 Å². The van der Waals surface area contributed by atoms with Gasteiger partial charge in [-0.1, -0.05) is 5.21 Å². The Bertz CT molecular complexity index is 647. The second kappa shape index (κ2) is 5.29. The lowest BCUT2D eigenvalue weighted by Gasteiger charge is -2.05. The van der Waals surface area contributed by atoms with E-state index in [2.05, 4.69) is 15.4 Å². The van der Waals surface area contributed by atoms with Gasteiger partial charge in [0, 0.05) is 12.1 Å². The third kappa shape index (κ3) is 2.94. The molecule has 0 aromatic carbocycles. The van der Waals surface area contributed by atoms with E-state index in [-0.39, 0.29) is 24.3 Å². The van der Waals surface area contributed by atoms with Gasteiger partial charge in [0.25, 0.3) is 5.56 Å². The molecule has 0 aliphatic carbocycles. The highest BCUT2D eigenvalue weighted by molar-refractivity contribution is 5.84. The van der Waals surface area contributed by atoms with E-state index in [0.29, 0.717) is 5.88 Å². The Hall–Kier alpha value is -2.71. The monoisotopic (exact) mass is 265 g/mol. The summed E-state index contributed by atoms with van der Waals surface area (Å²) in [5.74, 6) is -0.827. The molecule has 19 heavy (non-hydrogen) atoms. The van der Waals surface area contributed by atoms with Crippen LogP contribution in [0.25, 0.3) is 0 Å². The molecular weight excluding hydrogens is 254 g/mol. The van der Waals surface area contributed by atoms with Gasteiger partial charge in [-0.05, 0) is 0 Å². The molecule has 0 aliphatic heterocycles. The number of hydrogen-bond donors (Lipinski definition) is 1. The lowest BCUT2D eigenvalue weighted by atomic mass is 10.5. The number of methoxy groups -OCH3 is 1. The molecule has 9 heteroatoms. The summed E-state index contributed by atoms with van der Waals surface area (Å²) in [5, 5.41) is 19.7. The van der Waals surface area contributed by atoms with Crippen LogP contribution in [0.3, 0.4) is 0 Å². The summed E-state index contributed by atoms with van der Waals surface area (Å²) in [5.41, 5.74) is -0.426. The zero-order valence-electron chi connectivity index (χ0n) is 10.1. The van der Waals surface area contributed by atoms with Gasteiger partial charge in [0.2, 0.25) is 5.88 Å². The summed E-state index contributed by atoms with van der Waals surface area (Å²) in [7, 11) is 1.45. The van der Waals surface area contributed by atoms with Crippen LogP contribution in [-0.4, -0.2) is 43.0 Å². The van der Waals surface area contributed by atoms with Crippen molar-refractivity contribution in [3.05, 3.63) is 34.4 Å². The van der Waals surface area contributed by atoms with Gasteiger partial charge in [-0.3, -0.25) is 4.79 Å². The van der Waals surface area contributed by atoms with Crippen LogP contribution in [-0.2, 0) is 13.1 Å². The number of aromatic nitrogens is 5. The van der Waals surface area contributed by atoms with E-state index < -0.39 is 5.97 Å². The molecule has 0 amide bonds. The van der Waals surface area contributed by atoms with E-state index in [0.717, 1.165) is 0 Å². The van der Waals surface area contributed by atoms with Gasteiger partial charge < -0.3 is 9.84 Å². The number of carbonyl (C=O) groups is 1. The van der Waals surface area contributed by atoms with Crippen molar-refractivity contribution in [2.75, 3.05) is 7.11 Å². The standard InChI is InChI=1S/C10H11N5O4/c1-19-8-2-3-9(16)15(12-8)5-4-14-6-7(10(17)18)11-13-14/h2-3,6H,4-5H2,1H3,(H,17,18). The number of rotatable bonds is 5. The molecule has 2 aromatic heterocycles. The van der Waals surface area contributed by atoms with Crippen molar-refractivity contribution in [1.82, 2.24) is 24.8 Å². The van der Waals surface area contributed by atoms with Gasteiger partial charge in [-0.25, -0.2) is 14.2 Å². The number of hydrogen-bond acceptors (Lipinski definition) is 6. The number of aryl methyl sites for hydroxylation is 2. The second-order valence-corrected chi connectivity index (χ2v) is 3.61. The predicted molar refractivity (Wildman–Crippen MR) is 62.0 cm³/mol. The van der Waals surface area contributed by atoms with Crippen LogP contribution >= 0.6 is 0 Å². The van der Waals surface area contributed by atoms with Crippen molar-refractivity contribution in [2.24, 2.45) is 0 Å². The molecule has 100 valence electrons. The van der Waals surface area contributed by atoms with E-state index in [1.54, 1.807) is 0 Å². The number of carboxylic acids is 1. The molecule has 0 saturated heterocycles. The molecule has 0 bridgehead atoms. The smallest absolute Gasteiger partial charge is 0.358 e. The topological polar surface area (TPSA) is 112 Å². The molecule has 2 aromatic rings. The van der Waals surface area contributed by atoms with Gasteiger partial charge in [0.1, 0.15) is 0 Å². The van der Waals surface area contributed by atoms with Gasteiger partial charge in [-0.2, -0.15) is 0 Å². The summed E-state index contributed by atoms with van der Waals surface area (Å²) < 4.78 is 7.45. The highest BCUT2D eigenvalue weighted by atomic mass is 16.5. The SMILES string of the molecule is COc1ccc(=O)n(CCn2cc(C(=O)O)nn2)n1. The van der Waals surface area contributed by atoms with Crippen LogP contribution in [0, 0.1) is 0 Å². The number of ether oxygens (including phenoxy) is 1. The van der Waals surface area contributed by atoms with Gasteiger partial charge >= 0.3 is 5.97 Å². The molecule has 0 aliphatic rings. The maximum atomic E-state index is 11.5. The molecule has 0 atom stereocenters. The van der Waals surface area contributed by atoms with Crippen LogP contribution in [0.2, 0.25) is 0 Å². The van der Waals surface area contributed by atoms with Crippen LogP contribution in [0.15, 0.2) is 23.1 Å². The van der Waals surface area contributed by atoms with E-state index in [1.807, 2.05) is 0 Å². The first kappa shape index (κ1) is 12.7. The molecule has 9 nitrogen and oxygen atoms in total. The third-order valence-electron chi connectivity index (χ3n) is 2.35. The van der Waals surface area contributed by atoms with Crippen LogP contribution in [0.4, 0.5) is 0 Å². The summed E-state index contributed by atoms with van der Waals surface area (Å²) in [6, 6.07) is 2.81. The Morgan fingerprint density at radius 3 is 2.84 bits per heavy atom. The quantitative estimate of drug-likeness (QED) is 0.756. The molecule has 2 rings (SSSR count). The Balaban J connectivity index is 2.09. The van der Waals surface area contributed by atoms with Crippen molar-refractivity contribution in [3.8, 4) is 5.88 Å². The maximum Gasteiger partial charge on any atom is 0.358 e. The molecule has 0 unspecified atom stereocenters. The second-order valence-electron chi connectivity index (χ2n) is 3.61. The Morgan fingerprint density at radius 1 is 1.42 bits per heavy atom. The summed E-state index contributed by atoms with van der Waals surface area (Å²) >= 11 is 0. The van der Waals surface area contributed by atoms with E-state index >= 15 is 0 Å². The van der Waals surface area contributed by atoms with Crippen molar-refractivity contribution < 1.29 is 14.6 Å². The van der Waals surface area contributed by atoms with Gasteiger partial charge in [0.05, 0.1) is 26.4 Å².